The first-order valence-corrected chi connectivity index (χ1v) is 8.94. The van der Waals surface area contributed by atoms with Crippen LogP contribution in [0.1, 0.15) is 63.6 Å². The maximum Gasteiger partial charge on any atom is 0.203 e. The first-order valence-electron chi connectivity index (χ1n) is 8.53. The molecule has 23 heavy (non-hydrogen) atoms. The van der Waals surface area contributed by atoms with E-state index in [9.17, 15) is 0 Å². The molecule has 5 nitrogen and oxygen atoms in total. The van der Waals surface area contributed by atoms with Gasteiger partial charge in [0.2, 0.25) is 4.77 Å². The summed E-state index contributed by atoms with van der Waals surface area (Å²) in [5.74, 6) is 2.62. The van der Waals surface area contributed by atoms with E-state index < -0.39 is 0 Å². The molecule has 0 unspecified atom stereocenters. The molecule has 0 bridgehead atoms. The van der Waals surface area contributed by atoms with E-state index in [1.165, 1.54) is 38.5 Å². The molecule has 2 heterocycles. The van der Waals surface area contributed by atoms with E-state index >= 15 is 0 Å². The Balaban J connectivity index is 0.00000156. The van der Waals surface area contributed by atoms with Gasteiger partial charge in [-0.05, 0) is 44.3 Å². The van der Waals surface area contributed by atoms with E-state index in [0.29, 0.717) is 16.7 Å². The molecule has 0 radical (unpaired) electrons. The summed E-state index contributed by atoms with van der Waals surface area (Å²) in [6.07, 6.45) is 8.58. The van der Waals surface area contributed by atoms with Crippen LogP contribution in [0.4, 0.5) is 5.82 Å². The van der Waals surface area contributed by atoms with Gasteiger partial charge in [-0.3, -0.25) is 4.57 Å². The van der Waals surface area contributed by atoms with Crippen molar-refractivity contribution in [3.63, 3.8) is 0 Å². The molecule has 2 saturated carbocycles. The summed E-state index contributed by atoms with van der Waals surface area (Å²) in [7, 11) is 0. The Morgan fingerprint density at radius 2 is 1.96 bits per heavy atom. The zero-order valence-corrected chi connectivity index (χ0v) is 15.1. The van der Waals surface area contributed by atoms with Crippen LogP contribution in [0.15, 0.2) is 0 Å². The summed E-state index contributed by atoms with van der Waals surface area (Å²) >= 11 is 5.52. The van der Waals surface area contributed by atoms with Crippen LogP contribution in [0.5, 0.6) is 0 Å². The highest BCUT2D eigenvalue weighted by Gasteiger charge is 2.28. The second kappa shape index (κ2) is 6.77. The van der Waals surface area contributed by atoms with E-state index in [4.69, 9.17) is 17.2 Å². The van der Waals surface area contributed by atoms with Gasteiger partial charge in [0.25, 0.3) is 0 Å². The second-order valence-corrected chi connectivity index (χ2v) is 6.98. The highest BCUT2D eigenvalue weighted by Crippen LogP contribution is 2.39. The largest absolute Gasteiger partial charge is 0.365 e. The number of nitrogens with zero attached hydrogens (tertiary/aromatic N) is 3. The molecule has 126 valence electrons. The van der Waals surface area contributed by atoms with Crippen LogP contribution in [0.3, 0.4) is 0 Å². The number of hydrogen-bond donors (Lipinski definition) is 2. The maximum atomic E-state index is 5.52. The monoisotopic (exact) mass is 353 g/mol. The molecule has 0 saturated heterocycles. The predicted molar refractivity (Wildman–Crippen MR) is 98.1 cm³/mol. The van der Waals surface area contributed by atoms with Crippen LogP contribution in [-0.2, 0) is 6.54 Å². The zero-order valence-electron chi connectivity index (χ0n) is 13.5. The van der Waals surface area contributed by atoms with Crippen LogP contribution in [0.2, 0.25) is 0 Å². The summed E-state index contributed by atoms with van der Waals surface area (Å²) in [5, 5.41) is 3.60. The van der Waals surface area contributed by atoms with Gasteiger partial charge in [-0.15, -0.1) is 12.4 Å². The van der Waals surface area contributed by atoms with Gasteiger partial charge < -0.3 is 10.3 Å². The number of rotatable bonds is 5. The summed E-state index contributed by atoms with van der Waals surface area (Å²) in [6.45, 7) is 3.04. The lowest BCUT2D eigenvalue weighted by molar-refractivity contribution is 0.668. The van der Waals surface area contributed by atoms with Crippen molar-refractivity contribution in [2.45, 2.75) is 70.4 Å². The van der Waals surface area contributed by atoms with Crippen LogP contribution < -0.4 is 5.32 Å². The molecule has 0 aromatic carbocycles. The normalized spacial score (nSPS) is 18.3. The van der Waals surface area contributed by atoms with E-state index in [-0.39, 0.29) is 12.4 Å². The number of fused-ring (bicyclic) bond motifs is 1. The van der Waals surface area contributed by atoms with Crippen LogP contribution >= 0.6 is 24.6 Å². The molecule has 2 N–H and O–H groups in total. The zero-order chi connectivity index (χ0) is 15.1. The Morgan fingerprint density at radius 1 is 1.22 bits per heavy atom. The van der Waals surface area contributed by atoms with E-state index in [2.05, 4.69) is 26.8 Å². The van der Waals surface area contributed by atoms with Crippen LogP contribution in [0, 0.1) is 4.77 Å². The summed E-state index contributed by atoms with van der Waals surface area (Å²) in [4.78, 5) is 13.0. The number of anilines is 1. The van der Waals surface area contributed by atoms with Crippen molar-refractivity contribution in [3.8, 4) is 0 Å². The van der Waals surface area contributed by atoms with Crippen LogP contribution in [0.25, 0.3) is 11.2 Å². The smallest absolute Gasteiger partial charge is 0.203 e. The highest BCUT2D eigenvalue weighted by atomic mass is 35.5. The van der Waals surface area contributed by atoms with Gasteiger partial charge in [-0.25, -0.2) is 9.97 Å². The standard InChI is InChI=1S/C16H23N5S.ClH/c1-2-9-21-15-12(18-13(19-15)10-7-8-10)14(20-16(21)22)17-11-5-3-4-6-11;/h10-11H,2-9H2,1H3,(H,18,19)(H,17,20,22);1H. The molecule has 2 aliphatic carbocycles. The number of aromatic nitrogens is 4. The van der Waals surface area contributed by atoms with Crippen molar-refractivity contribution in [1.82, 2.24) is 19.5 Å². The third-order valence-corrected chi connectivity index (χ3v) is 5.05. The third-order valence-electron chi connectivity index (χ3n) is 4.74. The number of aromatic amines is 1. The van der Waals surface area contributed by atoms with Gasteiger partial charge >= 0.3 is 0 Å². The van der Waals surface area contributed by atoms with Crippen molar-refractivity contribution in [1.29, 1.82) is 0 Å². The average Bonchev–Trinajstić information content (AvgIpc) is 3.05. The average molecular weight is 354 g/mol. The highest BCUT2D eigenvalue weighted by molar-refractivity contribution is 7.71. The van der Waals surface area contributed by atoms with Crippen LogP contribution in [-0.4, -0.2) is 25.6 Å². The van der Waals surface area contributed by atoms with Gasteiger partial charge in [0.15, 0.2) is 11.5 Å². The lowest BCUT2D eigenvalue weighted by atomic mass is 10.2. The number of aryl methyl sites for hydroxylation is 1. The number of H-pyrrole nitrogens is 1. The maximum absolute atomic E-state index is 5.52. The van der Waals surface area contributed by atoms with E-state index in [1.54, 1.807) is 0 Å². The Hall–Kier alpha value is -1.14. The van der Waals surface area contributed by atoms with Crippen molar-refractivity contribution in [2.75, 3.05) is 5.32 Å². The molecule has 0 amide bonds. The molecule has 2 aromatic rings. The first kappa shape index (κ1) is 16.7. The van der Waals surface area contributed by atoms with Gasteiger partial charge in [-0.1, -0.05) is 19.8 Å². The number of imidazole rings is 1. The van der Waals surface area contributed by atoms with Gasteiger partial charge in [0, 0.05) is 18.5 Å². The second-order valence-electron chi connectivity index (χ2n) is 6.62. The predicted octanol–water partition coefficient (Wildman–Crippen LogP) is 4.55. The van der Waals surface area contributed by atoms with E-state index in [1.807, 2.05) is 0 Å². The van der Waals surface area contributed by atoms with Crippen molar-refractivity contribution < 1.29 is 0 Å². The van der Waals surface area contributed by atoms with E-state index in [0.717, 1.165) is 35.8 Å². The molecule has 7 heteroatoms. The molecule has 2 aromatic heterocycles. The number of halogens is 1. The molecule has 2 aliphatic rings. The number of hydrogen-bond acceptors (Lipinski definition) is 4. The fraction of sp³-hybridized carbons (Fsp3) is 0.688. The van der Waals surface area contributed by atoms with Gasteiger partial charge in [-0.2, -0.15) is 0 Å². The fourth-order valence-electron chi connectivity index (χ4n) is 3.39. The number of nitrogens with one attached hydrogen (secondary N) is 2. The van der Waals surface area contributed by atoms with Gasteiger partial charge in [0.05, 0.1) is 0 Å². The Labute approximate surface area is 147 Å². The Morgan fingerprint density at radius 3 is 2.61 bits per heavy atom. The van der Waals surface area contributed by atoms with Crippen molar-refractivity contribution >= 4 is 41.6 Å². The SMILES string of the molecule is CCCn1c(=S)nc(NC2CCCC2)c2[nH]c(C3CC3)nc21.Cl. The minimum Gasteiger partial charge on any atom is -0.365 e. The van der Waals surface area contributed by atoms with Gasteiger partial charge in [0.1, 0.15) is 11.3 Å². The summed E-state index contributed by atoms with van der Waals surface area (Å²) < 4.78 is 2.72. The molecule has 4 rings (SSSR count). The molecular formula is C16H24ClN5S. The molecule has 0 atom stereocenters. The quantitative estimate of drug-likeness (QED) is 0.774. The first-order chi connectivity index (χ1) is 10.8. The molecular weight excluding hydrogens is 330 g/mol. The minimum absolute atomic E-state index is 0. The van der Waals surface area contributed by atoms with Crippen molar-refractivity contribution in [3.05, 3.63) is 10.6 Å². The molecule has 2 fully saturated rings. The fourth-order valence-corrected chi connectivity index (χ4v) is 3.66. The Bertz CT molecular complexity index is 743. The third kappa shape index (κ3) is 3.24. The summed E-state index contributed by atoms with van der Waals surface area (Å²) in [5.41, 5.74) is 2.01. The Kier molecular flexibility index (Phi) is 4.92. The molecule has 0 spiro atoms. The summed E-state index contributed by atoms with van der Waals surface area (Å²) in [6, 6.07) is 0.528. The van der Waals surface area contributed by atoms with Crippen molar-refractivity contribution in [2.24, 2.45) is 0 Å². The lowest BCUT2D eigenvalue weighted by Gasteiger charge is -2.15. The molecule has 0 aliphatic heterocycles. The minimum atomic E-state index is 0. The lowest BCUT2D eigenvalue weighted by Crippen LogP contribution is -2.17. The topological polar surface area (TPSA) is 58.5 Å².